The molecule has 0 saturated carbocycles. The molecule has 0 atom stereocenters. The van der Waals surface area contributed by atoms with Crippen molar-refractivity contribution < 1.29 is 0 Å². The quantitative estimate of drug-likeness (QED) is 0.200. The van der Waals surface area contributed by atoms with Crippen LogP contribution in [0.15, 0.2) is 133 Å². The van der Waals surface area contributed by atoms with Crippen molar-refractivity contribution in [2.45, 2.75) is 40.0 Å². The maximum absolute atomic E-state index is 2.39. The smallest absolute Gasteiger partial charge is 0.0468 e. The number of para-hydroxylation sites is 1. The highest BCUT2D eigenvalue weighted by Crippen LogP contribution is 2.51. The summed E-state index contributed by atoms with van der Waals surface area (Å²) < 4.78 is 0. The summed E-state index contributed by atoms with van der Waals surface area (Å²) in [6.45, 7) is 11.1. The summed E-state index contributed by atoms with van der Waals surface area (Å²) in [5, 5.41) is 5.10. The molecule has 7 aromatic carbocycles. The molecule has 0 bridgehead atoms. The number of nitrogens with zero attached hydrogens (tertiary/aromatic N) is 1. The first-order chi connectivity index (χ1) is 21.7. The van der Waals surface area contributed by atoms with Gasteiger partial charge in [-0.15, -0.1) is 0 Å². The highest BCUT2D eigenvalue weighted by atomic mass is 15.1. The predicted octanol–water partition coefficient (Wildman–Crippen LogP) is 12.7. The van der Waals surface area contributed by atoms with E-state index < -0.39 is 0 Å². The van der Waals surface area contributed by atoms with Crippen LogP contribution in [0.25, 0.3) is 54.9 Å². The fourth-order valence-corrected chi connectivity index (χ4v) is 7.00. The molecule has 0 radical (unpaired) electrons. The largest absolute Gasteiger partial charge is 0.310 e. The molecule has 0 fully saturated rings. The number of fused-ring (bicyclic) bond motifs is 6. The number of aryl methyl sites for hydroxylation is 2. The Hall–Kier alpha value is -5.14. The molecule has 0 aliphatic heterocycles. The molecule has 7 aromatic rings. The third kappa shape index (κ3) is 4.80. The van der Waals surface area contributed by atoms with Crippen LogP contribution in [0, 0.1) is 13.8 Å². The molecule has 45 heavy (non-hydrogen) atoms. The molecule has 0 heterocycles. The van der Waals surface area contributed by atoms with E-state index in [9.17, 15) is 0 Å². The molecule has 1 aliphatic rings. The molecule has 0 N–H and O–H groups in total. The van der Waals surface area contributed by atoms with Crippen LogP contribution >= 0.6 is 0 Å². The van der Waals surface area contributed by atoms with E-state index in [2.05, 4.69) is 173 Å². The molecule has 0 unspecified atom stereocenters. The number of benzene rings is 7. The zero-order chi connectivity index (χ0) is 30.9. The molecular weight excluding hydrogens is 542 g/mol. The van der Waals surface area contributed by atoms with Crippen molar-refractivity contribution in [1.82, 2.24) is 0 Å². The first kappa shape index (κ1) is 27.4. The Morgan fingerprint density at radius 3 is 1.53 bits per heavy atom. The van der Waals surface area contributed by atoms with E-state index in [1.807, 2.05) is 0 Å². The van der Waals surface area contributed by atoms with E-state index in [-0.39, 0.29) is 5.41 Å². The van der Waals surface area contributed by atoms with Gasteiger partial charge in [-0.1, -0.05) is 87.5 Å². The lowest BCUT2D eigenvalue weighted by molar-refractivity contribution is 0.590. The summed E-state index contributed by atoms with van der Waals surface area (Å²) >= 11 is 0. The molecule has 1 nitrogen and oxygen atoms in total. The SMILES string of the molecule is Cc1cc(C)cc(N(c2ccccc2)c2ccc3cc4c(cc3c2)-c2cc3cc(-c5ccc(C(C)(C)C)cc5)ccc3cc2-4)c1. The molecule has 1 heteroatoms. The monoisotopic (exact) mass is 579 g/mol. The Morgan fingerprint density at radius 2 is 0.933 bits per heavy atom. The van der Waals surface area contributed by atoms with Crippen LogP contribution in [-0.4, -0.2) is 0 Å². The number of hydrogen-bond acceptors (Lipinski definition) is 1. The van der Waals surface area contributed by atoms with Gasteiger partial charge in [0.05, 0.1) is 0 Å². The van der Waals surface area contributed by atoms with Gasteiger partial charge in [0.1, 0.15) is 0 Å². The average Bonchev–Trinajstić information content (AvgIpc) is 3.03. The van der Waals surface area contributed by atoms with Crippen molar-refractivity contribution in [2.24, 2.45) is 0 Å². The van der Waals surface area contributed by atoms with Gasteiger partial charge >= 0.3 is 0 Å². The zero-order valence-corrected chi connectivity index (χ0v) is 26.6. The zero-order valence-electron chi connectivity index (χ0n) is 26.6. The molecule has 8 rings (SSSR count). The number of hydrogen-bond donors (Lipinski definition) is 0. The average molecular weight is 580 g/mol. The maximum atomic E-state index is 2.39. The second kappa shape index (κ2) is 10.2. The van der Waals surface area contributed by atoms with Crippen LogP contribution in [0.5, 0.6) is 0 Å². The van der Waals surface area contributed by atoms with E-state index in [1.54, 1.807) is 0 Å². The normalized spacial score (nSPS) is 12.1. The Balaban J connectivity index is 1.19. The Kier molecular flexibility index (Phi) is 6.22. The summed E-state index contributed by atoms with van der Waals surface area (Å²) in [5.74, 6) is 0. The van der Waals surface area contributed by atoms with Gasteiger partial charge in [0.15, 0.2) is 0 Å². The van der Waals surface area contributed by atoms with Crippen LogP contribution in [0.3, 0.4) is 0 Å². The van der Waals surface area contributed by atoms with Gasteiger partial charge in [-0.2, -0.15) is 0 Å². The minimum Gasteiger partial charge on any atom is -0.310 e. The van der Waals surface area contributed by atoms with Crippen molar-refractivity contribution in [3.63, 3.8) is 0 Å². The molecule has 1 aliphatic carbocycles. The minimum absolute atomic E-state index is 0.155. The van der Waals surface area contributed by atoms with E-state index in [4.69, 9.17) is 0 Å². The van der Waals surface area contributed by atoms with Gasteiger partial charge in [0.2, 0.25) is 0 Å². The second-order valence-electron chi connectivity index (χ2n) is 13.7. The van der Waals surface area contributed by atoms with Gasteiger partial charge in [-0.25, -0.2) is 0 Å². The highest BCUT2D eigenvalue weighted by Gasteiger charge is 2.24. The second-order valence-corrected chi connectivity index (χ2v) is 13.7. The van der Waals surface area contributed by atoms with E-state index >= 15 is 0 Å². The van der Waals surface area contributed by atoms with Gasteiger partial charge in [0.25, 0.3) is 0 Å². The molecule has 0 aromatic heterocycles. The first-order valence-corrected chi connectivity index (χ1v) is 15.9. The van der Waals surface area contributed by atoms with Crippen molar-refractivity contribution in [3.8, 4) is 33.4 Å². The maximum Gasteiger partial charge on any atom is 0.0468 e. The van der Waals surface area contributed by atoms with E-state index in [0.29, 0.717) is 0 Å². The lowest BCUT2D eigenvalue weighted by Gasteiger charge is -2.28. The summed E-state index contributed by atoms with van der Waals surface area (Å²) in [6, 6.07) is 49.8. The summed E-state index contributed by atoms with van der Waals surface area (Å²) in [4.78, 5) is 2.37. The van der Waals surface area contributed by atoms with Gasteiger partial charge < -0.3 is 4.90 Å². The third-order valence-corrected chi connectivity index (χ3v) is 9.34. The Bertz CT molecular complexity index is 2230. The van der Waals surface area contributed by atoms with Crippen molar-refractivity contribution in [1.29, 1.82) is 0 Å². The van der Waals surface area contributed by atoms with Crippen molar-refractivity contribution in [2.75, 3.05) is 4.90 Å². The minimum atomic E-state index is 0.155. The molecule has 0 spiro atoms. The predicted molar refractivity (Wildman–Crippen MR) is 194 cm³/mol. The van der Waals surface area contributed by atoms with Crippen LogP contribution in [0.1, 0.15) is 37.5 Å². The van der Waals surface area contributed by atoms with Gasteiger partial charge in [-0.05, 0) is 158 Å². The fraction of sp³-hybridized carbons (Fsp3) is 0.136. The highest BCUT2D eigenvalue weighted by molar-refractivity contribution is 6.12. The summed E-state index contributed by atoms with van der Waals surface area (Å²) in [6.07, 6.45) is 0. The van der Waals surface area contributed by atoms with Crippen molar-refractivity contribution in [3.05, 3.63) is 150 Å². The van der Waals surface area contributed by atoms with Gasteiger partial charge in [-0.3, -0.25) is 0 Å². The topological polar surface area (TPSA) is 3.24 Å². The van der Waals surface area contributed by atoms with Crippen LogP contribution in [0.4, 0.5) is 17.1 Å². The van der Waals surface area contributed by atoms with Gasteiger partial charge in [0, 0.05) is 17.1 Å². The van der Waals surface area contributed by atoms with Crippen molar-refractivity contribution >= 4 is 38.6 Å². The Morgan fingerprint density at radius 1 is 0.400 bits per heavy atom. The van der Waals surface area contributed by atoms with E-state index in [1.165, 1.54) is 83.0 Å². The molecule has 0 saturated heterocycles. The summed E-state index contributed by atoms with van der Waals surface area (Å²) in [5.41, 5.74) is 15.5. The lowest BCUT2D eigenvalue weighted by Crippen LogP contribution is -2.10. The standard InChI is InChI=1S/C44H37N/c1-28-19-29(2)21-39(20-28)45(37-9-7-6-8-10-37)38-18-15-33-25-41-40-24-32-12-11-31(30-13-16-36(17-14-30)44(3,4)5)22-34(32)26-42(40)43(41)27-35(33)23-38/h6-27H,1-5H3. The number of rotatable bonds is 4. The van der Waals surface area contributed by atoms with Crippen LogP contribution in [-0.2, 0) is 5.41 Å². The van der Waals surface area contributed by atoms with Crippen LogP contribution in [0.2, 0.25) is 0 Å². The molecule has 218 valence electrons. The Labute approximate surface area is 266 Å². The number of anilines is 3. The first-order valence-electron chi connectivity index (χ1n) is 15.9. The molecular formula is C44H37N. The van der Waals surface area contributed by atoms with E-state index in [0.717, 1.165) is 5.69 Å². The van der Waals surface area contributed by atoms with Crippen LogP contribution < -0.4 is 4.90 Å². The lowest BCUT2D eigenvalue weighted by atomic mass is 9.77. The third-order valence-electron chi connectivity index (χ3n) is 9.34. The fourth-order valence-electron chi connectivity index (χ4n) is 7.00. The molecule has 0 amide bonds. The summed E-state index contributed by atoms with van der Waals surface area (Å²) in [7, 11) is 0.